The van der Waals surface area contributed by atoms with Crippen LogP contribution >= 0.6 is 0 Å². The van der Waals surface area contributed by atoms with E-state index in [4.69, 9.17) is 4.74 Å². The molecule has 3 aromatic rings. The Morgan fingerprint density at radius 1 is 0.893 bits per heavy atom. The molecule has 1 unspecified atom stereocenters. The Hall–Kier alpha value is -2.62. The molecule has 0 fully saturated rings. The van der Waals surface area contributed by atoms with Crippen molar-refractivity contribution in [2.45, 2.75) is 32.4 Å². The molecule has 0 radical (unpaired) electrons. The molecule has 0 aliphatic heterocycles. The van der Waals surface area contributed by atoms with Crippen LogP contribution in [0.3, 0.4) is 0 Å². The lowest BCUT2D eigenvalue weighted by Gasteiger charge is -2.22. The maximum atomic E-state index is 10.5. The third-order valence-corrected chi connectivity index (χ3v) is 4.78. The third-order valence-electron chi connectivity index (χ3n) is 4.78. The van der Waals surface area contributed by atoms with Crippen LogP contribution in [0.5, 0.6) is 5.75 Å². The van der Waals surface area contributed by atoms with Crippen LogP contribution in [-0.4, -0.2) is 24.4 Å². The van der Waals surface area contributed by atoms with Gasteiger partial charge in [-0.05, 0) is 47.7 Å². The fourth-order valence-electron chi connectivity index (χ4n) is 3.34. The Kier molecular flexibility index (Phi) is 7.24. The summed E-state index contributed by atoms with van der Waals surface area (Å²) >= 11 is 0. The number of nitrogens with one attached hydrogen (secondary N) is 1. The summed E-state index contributed by atoms with van der Waals surface area (Å²) in [5.74, 6) is 0.818. The van der Waals surface area contributed by atoms with Gasteiger partial charge in [-0.3, -0.25) is 0 Å². The Morgan fingerprint density at radius 3 is 2.07 bits per heavy atom. The van der Waals surface area contributed by atoms with Crippen molar-refractivity contribution in [3.8, 4) is 5.75 Å². The molecule has 3 nitrogen and oxygen atoms in total. The molecule has 0 aliphatic rings. The SMILES string of the molecule is CCc1cc(C)cc(OCC(O)CNC(c2ccccc2)c2ccccc2)c1. The Bertz CT molecular complexity index is 809. The van der Waals surface area contributed by atoms with E-state index in [-0.39, 0.29) is 12.6 Å². The zero-order valence-electron chi connectivity index (χ0n) is 16.6. The number of aliphatic hydroxyl groups is 1. The van der Waals surface area contributed by atoms with Crippen LogP contribution in [0.1, 0.15) is 35.2 Å². The van der Waals surface area contributed by atoms with Crippen molar-refractivity contribution in [1.82, 2.24) is 5.32 Å². The molecule has 3 aromatic carbocycles. The second-order valence-electron chi connectivity index (χ2n) is 7.14. The lowest BCUT2D eigenvalue weighted by molar-refractivity contribution is 0.104. The second kappa shape index (κ2) is 10.1. The van der Waals surface area contributed by atoms with E-state index in [1.807, 2.05) is 48.5 Å². The average molecular weight is 376 g/mol. The zero-order chi connectivity index (χ0) is 19.8. The lowest BCUT2D eigenvalue weighted by Crippen LogP contribution is -2.34. The second-order valence-corrected chi connectivity index (χ2v) is 7.14. The van der Waals surface area contributed by atoms with Crippen LogP contribution in [0.15, 0.2) is 78.9 Å². The van der Waals surface area contributed by atoms with Crippen molar-refractivity contribution < 1.29 is 9.84 Å². The van der Waals surface area contributed by atoms with Crippen molar-refractivity contribution in [1.29, 1.82) is 0 Å². The van der Waals surface area contributed by atoms with E-state index in [0.717, 1.165) is 12.2 Å². The van der Waals surface area contributed by atoms with Gasteiger partial charge in [0, 0.05) is 6.54 Å². The van der Waals surface area contributed by atoms with Crippen molar-refractivity contribution in [2.24, 2.45) is 0 Å². The molecule has 0 saturated carbocycles. The molecule has 0 heterocycles. The van der Waals surface area contributed by atoms with E-state index in [2.05, 4.69) is 49.5 Å². The number of aliphatic hydroxyl groups excluding tert-OH is 1. The number of rotatable bonds is 9. The molecule has 0 saturated heterocycles. The summed E-state index contributed by atoms with van der Waals surface area (Å²) in [7, 11) is 0. The summed E-state index contributed by atoms with van der Waals surface area (Å²) in [6.45, 7) is 4.90. The number of hydrogen-bond acceptors (Lipinski definition) is 3. The first-order valence-corrected chi connectivity index (χ1v) is 9.90. The molecule has 0 aliphatic carbocycles. The maximum absolute atomic E-state index is 10.5. The highest BCUT2D eigenvalue weighted by Crippen LogP contribution is 2.22. The molecular weight excluding hydrogens is 346 g/mol. The number of aryl methyl sites for hydroxylation is 2. The van der Waals surface area contributed by atoms with Crippen LogP contribution in [-0.2, 0) is 6.42 Å². The predicted octanol–water partition coefficient (Wildman–Crippen LogP) is 4.68. The zero-order valence-corrected chi connectivity index (χ0v) is 16.6. The van der Waals surface area contributed by atoms with E-state index in [1.54, 1.807) is 0 Å². The van der Waals surface area contributed by atoms with Gasteiger partial charge < -0.3 is 15.2 Å². The summed E-state index contributed by atoms with van der Waals surface area (Å²) < 4.78 is 5.84. The number of ether oxygens (including phenoxy) is 1. The summed E-state index contributed by atoms with van der Waals surface area (Å²) in [5.41, 5.74) is 4.77. The molecule has 146 valence electrons. The summed E-state index contributed by atoms with van der Waals surface area (Å²) in [5, 5.41) is 14.0. The fourth-order valence-corrected chi connectivity index (χ4v) is 3.34. The molecule has 0 spiro atoms. The van der Waals surface area contributed by atoms with Crippen LogP contribution in [0.4, 0.5) is 0 Å². The van der Waals surface area contributed by atoms with Gasteiger partial charge in [0.2, 0.25) is 0 Å². The Balaban J connectivity index is 1.61. The normalized spacial score (nSPS) is 12.1. The monoisotopic (exact) mass is 375 g/mol. The van der Waals surface area contributed by atoms with Crippen molar-refractivity contribution in [3.63, 3.8) is 0 Å². The van der Waals surface area contributed by atoms with Crippen LogP contribution in [0, 0.1) is 6.92 Å². The smallest absolute Gasteiger partial charge is 0.119 e. The van der Waals surface area contributed by atoms with Crippen LogP contribution < -0.4 is 10.1 Å². The van der Waals surface area contributed by atoms with E-state index in [0.29, 0.717) is 6.54 Å². The minimum absolute atomic E-state index is 0.0303. The largest absolute Gasteiger partial charge is 0.491 e. The molecule has 2 N–H and O–H groups in total. The average Bonchev–Trinajstić information content (AvgIpc) is 2.73. The molecule has 0 amide bonds. The predicted molar refractivity (Wildman–Crippen MR) is 115 cm³/mol. The first-order chi connectivity index (χ1) is 13.7. The molecule has 28 heavy (non-hydrogen) atoms. The molecular formula is C25H29NO2. The van der Waals surface area contributed by atoms with Crippen molar-refractivity contribution >= 4 is 0 Å². The van der Waals surface area contributed by atoms with E-state index in [1.165, 1.54) is 22.3 Å². The summed E-state index contributed by atoms with van der Waals surface area (Å²) in [6, 6.07) is 26.8. The topological polar surface area (TPSA) is 41.5 Å². The van der Waals surface area contributed by atoms with E-state index < -0.39 is 6.10 Å². The molecule has 0 bridgehead atoms. The summed E-state index contributed by atoms with van der Waals surface area (Å²) in [6.07, 6.45) is 0.373. The third kappa shape index (κ3) is 5.69. The van der Waals surface area contributed by atoms with E-state index in [9.17, 15) is 5.11 Å². The minimum atomic E-state index is -0.597. The fraction of sp³-hybridized carbons (Fsp3) is 0.280. The van der Waals surface area contributed by atoms with Gasteiger partial charge in [-0.2, -0.15) is 0 Å². The van der Waals surface area contributed by atoms with Gasteiger partial charge in [0.15, 0.2) is 0 Å². The highest BCUT2D eigenvalue weighted by molar-refractivity contribution is 5.34. The van der Waals surface area contributed by atoms with Gasteiger partial charge in [-0.15, -0.1) is 0 Å². The molecule has 3 rings (SSSR count). The maximum Gasteiger partial charge on any atom is 0.119 e. The quantitative estimate of drug-likeness (QED) is 0.571. The Labute approximate surface area is 168 Å². The van der Waals surface area contributed by atoms with Gasteiger partial charge in [-0.1, -0.05) is 73.7 Å². The lowest BCUT2D eigenvalue weighted by atomic mass is 9.98. The van der Waals surface area contributed by atoms with Gasteiger partial charge >= 0.3 is 0 Å². The standard InChI is InChI=1S/C25H29NO2/c1-3-20-14-19(2)15-24(16-20)28-18-23(27)17-26-25(21-10-6-4-7-11-21)22-12-8-5-9-13-22/h4-16,23,25-27H,3,17-18H2,1-2H3. The first kappa shape index (κ1) is 20.1. The molecule has 3 heteroatoms. The van der Waals surface area contributed by atoms with E-state index >= 15 is 0 Å². The highest BCUT2D eigenvalue weighted by atomic mass is 16.5. The number of hydrogen-bond donors (Lipinski definition) is 2. The molecule has 1 atom stereocenters. The van der Waals surface area contributed by atoms with Gasteiger partial charge in [0.05, 0.1) is 6.04 Å². The van der Waals surface area contributed by atoms with Crippen molar-refractivity contribution in [2.75, 3.05) is 13.2 Å². The Morgan fingerprint density at radius 2 is 1.50 bits per heavy atom. The minimum Gasteiger partial charge on any atom is -0.491 e. The first-order valence-electron chi connectivity index (χ1n) is 9.90. The molecule has 0 aromatic heterocycles. The van der Waals surface area contributed by atoms with Gasteiger partial charge in [0.25, 0.3) is 0 Å². The van der Waals surface area contributed by atoms with Gasteiger partial charge in [0.1, 0.15) is 18.5 Å². The van der Waals surface area contributed by atoms with Crippen LogP contribution in [0.2, 0.25) is 0 Å². The highest BCUT2D eigenvalue weighted by Gasteiger charge is 2.15. The number of benzene rings is 3. The summed E-state index contributed by atoms with van der Waals surface area (Å²) in [4.78, 5) is 0. The van der Waals surface area contributed by atoms with Crippen LogP contribution in [0.25, 0.3) is 0 Å². The van der Waals surface area contributed by atoms with Crippen molar-refractivity contribution in [3.05, 3.63) is 101 Å². The van der Waals surface area contributed by atoms with Gasteiger partial charge in [-0.25, -0.2) is 0 Å².